The van der Waals surface area contributed by atoms with E-state index in [1.165, 1.54) is 11.9 Å². The molecule has 4 nitrogen and oxygen atoms in total. The standard InChI is InChI=1S/C20H16N2O2/c1-2-13-8-10-14(11-9-13)16-17-19(23)21-12-22-20(17)24-18(16)15-6-4-3-5-7-15/h3-12H,2H2,1H3,(H,21,22,23). The van der Waals surface area contributed by atoms with Gasteiger partial charge in [-0.15, -0.1) is 0 Å². The molecule has 0 bridgehead atoms. The van der Waals surface area contributed by atoms with Gasteiger partial charge in [-0.2, -0.15) is 0 Å². The van der Waals surface area contributed by atoms with E-state index in [4.69, 9.17) is 4.42 Å². The zero-order valence-electron chi connectivity index (χ0n) is 13.2. The van der Waals surface area contributed by atoms with Crippen molar-refractivity contribution in [2.45, 2.75) is 13.3 Å². The molecule has 0 radical (unpaired) electrons. The molecular formula is C20H16N2O2. The maximum atomic E-state index is 12.4. The van der Waals surface area contributed by atoms with Crippen LogP contribution in [0.5, 0.6) is 0 Å². The van der Waals surface area contributed by atoms with Gasteiger partial charge in [0.25, 0.3) is 5.56 Å². The Morgan fingerprint density at radius 1 is 1.00 bits per heavy atom. The van der Waals surface area contributed by atoms with E-state index in [2.05, 4.69) is 29.0 Å². The molecule has 0 fully saturated rings. The molecule has 2 aromatic heterocycles. The molecule has 0 aliphatic heterocycles. The summed E-state index contributed by atoms with van der Waals surface area (Å²) < 4.78 is 5.95. The fraction of sp³-hybridized carbons (Fsp3) is 0.100. The van der Waals surface area contributed by atoms with Gasteiger partial charge >= 0.3 is 0 Å². The minimum atomic E-state index is -0.194. The molecule has 24 heavy (non-hydrogen) atoms. The molecule has 0 aliphatic carbocycles. The third-order valence-corrected chi connectivity index (χ3v) is 4.18. The highest BCUT2D eigenvalue weighted by molar-refractivity contribution is 5.99. The topological polar surface area (TPSA) is 58.9 Å². The average Bonchev–Trinajstić information content (AvgIpc) is 3.03. The van der Waals surface area contributed by atoms with Gasteiger partial charge in [0, 0.05) is 11.1 Å². The highest BCUT2D eigenvalue weighted by atomic mass is 16.3. The molecular weight excluding hydrogens is 300 g/mol. The molecule has 2 aromatic carbocycles. The Bertz CT molecular complexity index is 1040. The van der Waals surface area contributed by atoms with Crippen molar-refractivity contribution in [3.8, 4) is 22.5 Å². The van der Waals surface area contributed by atoms with Gasteiger partial charge in [0.15, 0.2) is 0 Å². The second kappa shape index (κ2) is 5.81. The average molecular weight is 316 g/mol. The Morgan fingerprint density at radius 2 is 1.75 bits per heavy atom. The van der Waals surface area contributed by atoms with Crippen LogP contribution in [0, 0.1) is 0 Å². The molecule has 0 spiro atoms. The SMILES string of the molecule is CCc1ccc(-c2c(-c3ccccc3)oc3nc[nH]c(=O)c23)cc1. The molecule has 0 atom stereocenters. The fourth-order valence-corrected chi connectivity index (χ4v) is 2.92. The summed E-state index contributed by atoms with van der Waals surface area (Å²) in [4.78, 5) is 19.2. The van der Waals surface area contributed by atoms with Crippen LogP contribution in [0.25, 0.3) is 33.6 Å². The van der Waals surface area contributed by atoms with E-state index in [1.54, 1.807) is 0 Å². The third-order valence-electron chi connectivity index (χ3n) is 4.18. The molecule has 118 valence electrons. The van der Waals surface area contributed by atoms with Crippen molar-refractivity contribution in [3.63, 3.8) is 0 Å². The van der Waals surface area contributed by atoms with Crippen LogP contribution in [0.4, 0.5) is 0 Å². The Balaban J connectivity index is 2.05. The maximum absolute atomic E-state index is 12.4. The lowest BCUT2D eigenvalue weighted by molar-refractivity contribution is 0.618. The smallest absolute Gasteiger partial charge is 0.262 e. The second-order valence-electron chi connectivity index (χ2n) is 5.63. The maximum Gasteiger partial charge on any atom is 0.262 e. The summed E-state index contributed by atoms with van der Waals surface area (Å²) >= 11 is 0. The van der Waals surface area contributed by atoms with Crippen LogP contribution < -0.4 is 5.56 Å². The minimum Gasteiger partial charge on any atom is -0.437 e. The summed E-state index contributed by atoms with van der Waals surface area (Å²) in [6, 6.07) is 18.0. The number of nitrogens with zero attached hydrogens (tertiary/aromatic N) is 1. The summed E-state index contributed by atoms with van der Waals surface area (Å²) in [7, 11) is 0. The number of hydrogen-bond donors (Lipinski definition) is 1. The fourth-order valence-electron chi connectivity index (χ4n) is 2.92. The number of furan rings is 1. The number of fused-ring (bicyclic) bond motifs is 1. The van der Waals surface area contributed by atoms with Crippen molar-refractivity contribution >= 4 is 11.1 Å². The van der Waals surface area contributed by atoms with Gasteiger partial charge in [0.05, 0.1) is 6.33 Å². The van der Waals surface area contributed by atoms with Gasteiger partial charge in [-0.05, 0) is 17.5 Å². The molecule has 4 aromatic rings. The van der Waals surface area contributed by atoms with Gasteiger partial charge in [0.2, 0.25) is 5.71 Å². The number of aryl methyl sites for hydroxylation is 1. The number of aromatic amines is 1. The van der Waals surface area contributed by atoms with Gasteiger partial charge in [0.1, 0.15) is 11.1 Å². The number of benzene rings is 2. The predicted molar refractivity (Wildman–Crippen MR) is 94.9 cm³/mol. The first-order chi connectivity index (χ1) is 11.8. The number of nitrogens with one attached hydrogen (secondary N) is 1. The van der Waals surface area contributed by atoms with Crippen molar-refractivity contribution in [2.24, 2.45) is 0 Å². The highest BCUT2D eigenvalue weighted by Crippen LogP contribution is 2.38. The first-order valence-electron chi connectivity index (χ1n) is 7.93. The quantitative estimate of drug-likeness (QED) is 0.609. The van der Waals surface area contributed by atoms with Gasteiger partial charge < -0.3 is 9.40 Å². The number of aromatic nitrogens is 2. The minimum absolute atomic E-state index is 0.194. The van der Waals surface area contributed by atoms with Crippen LogP contribution in [0.1, 0.15) is 12.5 Å². The second-order valence-corrected chi connectivity index (χ2v) is 5.63. The molecule has 2 heterocycles. The summed E-state index contributed by atoms with van der Waals surface area (Å²) in [5.41, 5.74) is 4.06. The Kier molecular flexibility index (Phi) is 3.50. The predicted octanol–water partition coefficient (Wildman–Crippen LogP) is 4.41. The van der Waals surface area contributed by atoms with Crippen LogP contribution in [0.15, 0.2) is 70.1 Å². The van der Waals surface area contributed by atoms with Gasteiger partial charge in [-0.3, -0.25) is 4.79 Å². The van der Waals surface area contributed by atoms with Crippen LogP contribution in [0.2, 0.25) is 0 Å². The first kappa shape index (κ1) is 14.5. The lowest BCUT2D eigenvalue weighted by Crippen LogP contribution is -2.05. The van der Waals surface area contributed by atoms with Gasteiger partial charge in [-0.25, -0.2) is 4.98 Å². The molecule has 4 heteroatoms. The summed E-state index contributed by atoms with van der Waals surface area (Å²) in [6.07, 6.45) is 2.34. The molecule has 0 saturated carbocycles. The molecule has 0 amide bonds. The molecule has 1 N–H and O–H groups in total. The van der Waals surface area contributed by atoms with Crippen molar-refractivity contribution in [1.82, 2.24) is 9.97 Å². The van der Waals surface area contributed by atoms with E-state index in [0.717, 1.165) is 23.1 Å². The molecule has 0 saturated heterocycles. The van der Waals surface area contributed by atoms with Crippen molar-refractivity contribution in [3.05, 3.63) is 76.8 Å². The summed E-state index contributed by atoms with van der Waals surface area (Å²) in [5.74, 6) is 0.666. The van der Waals surface area contributed by atoms with E-state index in [0.29, 0.717) is 16.9 Å². The molecule has 0 unspecified atom stereocenters. The van der Waals surface area contributed by atoms with Crippen molar-refractivity contribution in [1.29, 1.82) is 0 Å². The Morgan fingerprint density at radius 3 is 2.46 bits per heavy atom. The van der Waals surface area contributed by atoms with Gasteiger partial charge in [-0.1, -0.05) is 61.5 Å². The normalized spacial score (nSPS) is 11.0. The zero-order chi connectivity index (χ0) is 16.5. The van der Waals surface area contributed by atoms with E-state index in [1.807, 2.05) is 42.5 Å². The van der Waals surface area contributed by atoms with E-state index in [9.17, 15) is 4.79 Å². The summed E-state index contributed by atoms with van der Waals surface area (Å²) in [5, 5.41) is 0.487. The zero-order valence-corrected chi connectivity index (χ0v) is 13.2. The van der Waals surface area contributed by atoms with Crippen LogP contribution in [0.3, 0.4) is 0 Å². The van der Waals surface area contributed by atoms with Crippen molar-refractivity contribution in [2.75, 3.05) is 0 Å². The lowest BCUT2D eigenvalue weighted by Gasteiger charge is -2.05. The largest absolute Gasteiger partial charge is 0.437 e. The van der Waals surface area contributed by atoms with Crippen LogP contribution in [-0.4, -0.2) is 9.97 Å². The van der Waals surface area contributed by atoms with E-state index in [-0.39, 0.29) is 5.56 Å². The number of rotatable bonds is 3. The van der Waals surface area contributed by atoms with E-state index < -0.39 is 0 Å². The lowest BCUT2D eigenvalue weighted by atomic mass is 9.98. The Labute approximate surface area is 138 Å². The van der Waals surface area contributed by atoms with E-state index >= 15 is 0 Å². The Hall–Kier alpha value is -3.14. The number of H-pyrrole nitrogens is 1. The monoisotopic (exact) mass is 316 g/mol. The summed E-state index contributed by atoms with van der Waals surface area (Å²) in [6.45, 7) is 2.12. The molecule has 0 aliphatic rings. The number of hydrogen-bond acceptors (Lipinski definition) is 3. The van der Waals surface area contributed by atoms with Crippen molar-refractivity contribution < 1.29 is 4.42 Å². The van der Waals surface area contributed by atoms with Crippen LogP contribution in [-0.2, 0) is 6.42 Å². The highest BCUT2D eigenvalue weighted by Gasteiger charge is 2.20. The molecule has 4 rings (SSSR count). The van der Waals surface area contributed by atoms with Crippen LogP contribution >= 0.6 is 0 Å². The first-order valence-corrected chi connectivity index (χ1v) is 7.93. The third kappa shape index (κ3) is 2.33.